The molecule has 0 atom stereocenters. The Morgan fingerprint density at radius 2 is 1.30 bits per heavy atom. The third-order valence-corrected chi connectivity index (χ3v) is 2.73. The smallest absolute Gasteiger partial charge is 0.331 e. The van der Waals surface area contributed by atoms with Crippen LogP contribution in [0.15, 0.2) is 23.3 Å². The van der Waals surface area contributed by atoms with Crippen LogP contribution in [0.3, 0.4) is 0 Å². The van der Waals surface area contributed by atoms with E-state index in [0.717, 1.165) is 5.56 Å². The average molecular weight is 276 g/mol. The van der Waals surface area contributed by atoms with E-state index < -0.39 is 11.9 Å². The average Bonchev–Trinajstić information content (AvgIpc) is 2.34. The van der Waals surface area contributed by atoms with Crippen LogP contribution in [-0.4, -0.2) is 27.3 Å². The lowest BCUT2D eigenvalue weighted by Gasteiger charge is -2.07. The van der Waals surface area contributed by atoms with Gasteiger partial charge in [-0.3, -0.25) is 0 Å². The first kappa shape index (κ1) is 15.5. The first-order chi connectivity index (χ1) is 9.22. The van der Waals surface area contributed by atoms with Gasteiger partial charge in [0.1, 0.15) is 5.75 Å². The highest BCUT2D eigenvalue weighted by Crippen LogP contribution is 2.28. The maximum Gasteiger partial charge on any atom is 0.331 e. The van der Waals surface area contributed by atoms with E-state index in [0.29, 0.717) is 11.1 Å². The number of hydrogen-bond acceptors (Lipinski definition) is 3. The van der Waals surface area contributed by atoms with Crippen LogP contribution in [0.4, 0.5) is 0 Å². The minimum absolute atomic E-state index is 0.0794. The Hall–Kier alpha value is -2.56. The predicted octanol–water partition coefficient (Wildman–Crippen LogP) is 2.68. The number of rotatable bonds is 4. The highest BCUT2D eigenvalue weighted by molar-refractivity contribution is 5.94. The van der Waals surface area contributed by atoms with E-state index in [-0.39, 0.29) is 16.9 Å². The third kappa shape index (κ3) is 3.71. The zero-order chi connectivity index (χ0) is 15.4. The van der Waals surface area contributed by atoms with E-state index in [2.05, 4.69) is 0 Å². The van der Waals surface area contributed by atoms with E-state index in [9.17, 15) is 14.7 Å². The van der Waals surface area contributed by atoms with Crippen LogP contribution < -0.4 is 0 Å². The number of carbonyl (C=O) groups is 2. The van der Waals surface area contributed by atoms with E-state index >= 15 is 0 Å². The number of carboxylic acids is 2. The zero-order valence-corrected chi connectivity index (χ0v) is 11.5. The van der Waals surface area contributed by atoms with Crippen molar-refractivity contribution in [1.29, 1.82) is 0 Å². The van der Waals surface area contributed by atoms with Crippen LogP contribution in [0, 0.1) is 6.92 Å². The van der Waals surface area contributed by atoms with Crippen LogP contribution in [0.1, 0.15) is 30.5 Å². The number of phenolic OH excluding ortho intramolecular Hbond substituents is 1. The first-order valence-corrected chi connectivity index (χ1v) is 5.89. The number of aliphatic carboxylic acids is 2. The molecule has 0 spiro atoms. The Labute approximate surface area is 116 Å². The van der Waals surface area contributed by atoms with Gasteiger partial charge in [0.25, 0.3) is 0 Å². The van der Waals surface area contributed by atoms with Crippen LogP contribution in [0.25, 0.3) is 12.2 Å². The molecule has 0 unspecified atom stereocenters. The molecule has 1 rings (SSSR count). The maximum absolute atomic E-state index is 10.8. The maximum atomic E-state index is 10.8. The molecule has 5 heteroatoms. The van der Waals surface area contributed by atoms with Crippen molar-refractivity contribution in [3.63, 3.8) is 0 Å². The summed E-state index contributed by atoms with van der Waals surface area (Å²) in [5.41, 5.74) is 1.63. The topological polar surface area (TPSA) is 94.8 Å². The number of aryl methyl sites for hydroxylation is 1. The molecule has 0 saturated carbocycles. The number of carboxylic acid groups (broad SMARTS) is 2. The molecule has 0 heterocycles. The number of phenols is 1. The normalized spacial score (nSPS) is 12.3. The number of hydrogen-bond donors (Lipinski definition) is 3. The first-order valence-electron chi connectivity index (χ1n) is 5.89. The third-order valence-electron chi connectivity index (χ3n) is 2.73. The van der Waals surface area contributed by atoms with Crippen molar-refractivity contribution < 1.29 is 24.9 Å². The summed E-state index contributed by atoms with van der Waals surface area (Å²) >= 11 is 0. The van der Waals surface area contributed by atoms with Gasteiger partial charge in [0, 0.05) is 22.3 Å². The minimum Gasteiger partial charge on any atom is -0.507 e. The summed E-state index contributed by atoms with van der Waals surface area (Å²) in [5, 5.41) is 27.8. The molecular formula is C15H16O5. The van der Waals surface area contributed by atoms with Gasteiger partial charge in [-0.2, -0.15) is 0 Å². The molecular weight excluding hydrogens is 260 g/mol. The van der Waals surface area contributed by atoms with Crippen LogP contribution >= 0.6 is 0 Å². The molecule has 0 fully saturated rings. The molecule has 20 heavy (non-hydrogen) atoms. The van der Waals surface area contributed by atoms with Gasteiger partial charge in [-0.1, -0.05) is 0 Å². The van der Waals surface area contributed by atoms with Gasteiger partial charge in [0.15, 0.2) is 0 Å². The molecule has 0 aliphatic rings. The van der Waals surface area contributed by atoms with Crippen LogP contribution in [0.5, 0.6) is 5.75 Å². The molecule has 0 bridgehead atoms. The van der Waals surface area contributed by atoms with E-state index in [1.165, 1.54) is 26.0 Å². The van der Waals surface area contributed by atoms with Crippen LogP contribution in [0.2, 0.25) is 0 Å². The van der Waals surface area contributed by atoms with Gasteiger partial charge in [-0.25, -0.2) is 9.59 Å². The molecule has 106 valence electrons. The Balaban J connectivity index is 3.41. The molecule has 0 amide bonds. The summed E-state index contributed by atoms with van der Waals surface area (Å²) in [7, 11) is 0. The van der Waals surface area contributed by atoms with Gasteiger partial charge < -0.3 is 15.3 Å². The zero-order valence-electron chi connectivity index (χ0n) is 11.5. The Morgan fingerprint density at radius 1 is 0.950 bits per heavy atom. The van der Waals surface area contributed by atoms with E-state index in [1.807, 2.05) is 0 Å². The molecule has 5 nitrogen and oxygen atoms in total. The van der Waals surface area contributed by atoms with Crippen molar-refractivity contribution in [3.8, 4) is 5.75 Å². The monoisotopic (exact) mass is 276 g/mol. The van der Waals surface area contributed by atoms with Crippen LogP contribution in [-0.2, 0) is 9.59 Å². The molecule has 0 saturated heterocycles. The van der Waals surface area contributed by atoms with Crippen molar-refractivity contribution in [2.45, 2.75) is 20.8 Å². The van der Waals surface area contributed by atoms with Crippen molar-refractivity contribution in [1.82, 2.24) is 0 Å². The van der Waals surface area contributed by atoms with Gasteiger partial charge in [-0.05, 0) is 50.6 Å². The lowest BCUT2D eigenvalue weighted by molar-refractivity contribution is -0.133. The Bertz CT molecular complexity index is 572. The van der Waals surface area contributed by atoms with E-state index in [1.54, 1.807) is 19.1 Å². The van der Waals surface area contributed by atoms with Gasteiger partial charge in [0.05, 0.1) is 0 Å². The predicted molar refractivity (Wildman–Crippen MR) is 75.4 cm³/mol. The van der Waals surface area contributed by atoms with Crippen molar-refractivity contribution in [2.75, 3.05) is 0 Å². The fourth-order valence-corrected chi connectivity index (χ4v) is 1.65. The lowest BCUT2D eigenvalue weighted by Crippen LogP contribution is -1.97. The second-order valence-electron chi connectivity index (χ2n) is 4.56. The highest BCUT2D eigenvalue weighted by atomic mass is 16.4. The molecule has 0 aliphatic carbocycles. The molecule has 1 aromatic carbocycles. The van der Waals surface area contributed by atoms with Gasteiger partial charge >= 0.3 is 11.9 Å². The molecule has 3 N–H and O–H groups in total. The Morgan fingerprint density at radius 3 is 1.60 bits per heavy atom. The second kappa shape index (κ2) is 6.06. The summed E-state index contributed by atoms with van der Waals surface area (Å²) in [6, 6.07) is 3.27. The second-order valence-corrected chi connectivity index (χ2v) is 4.56. The standard InChI is InChI=1S/C15H16O5/c1-8-4-11(6-9(2)14(17)18)13(16)12(5-8)7-10(3)15(19)20/h4-7,16H,1-3H3,(H,17,18)(H,19,20)/b9-6+,10-7+. The van der Waals surface area contributed by atoms with Gasteiger partial charge in [0.2, 0.25) is 0 Å². The fraction of sp³-hybridized carbons (Fsp3) is 0.200. The highest BCUT2D eigenvalue weighted by Gasteiger charge is 2.09. The Kier molecular flexibility index (Phi) is 4.69. The van der Waals surface area contributed by atoms with Crippen molar-refractivity contribution in [2.24, 2.45) is 0 Å². The molecule has 0 aromatic heterocycles. The van der Waals surface area contributed by atoms with Crippen molar-refractivity contribution in [3.05, 3.63) is 40.0 Å². The molecule has 0 radical (unpaired) electrons. The molecule has 1 aromatic rings. The quantitative estimate of drug-likeness (QED) is 0.735. The number of benzene rings is 1. The van der Waals surface area contributed by atoms with Crippen molar-refractivity contribution >= 4 is 24.1 Å². The molecule has 0 aliphatic heterocycles. The summed E-state index contributed by atoms with van der Waals surface area (Å²) in [6.45, 7) is 4.62. The lowest BCUT2D eigenvalue weighted by atomic mass is 10.0. The van der Waals surface area contributed by atoms with Gasteiger partial charge in [-0.15, -0.1) is 0 Å². The largest absolute Gasteiger partial charge is 0.507 e. The summed E-state index contributed by atoms with van der Waals surface area (Å²) < 4.78 is 0. The number of aromatic hydroxyl groups is 1. The SMILES string of the molecule is C/C(=C\c1cc(C)cc(/C=C(\C)C(=O)O)c1O)C(=O)O. The summed E-state index contributed by atoms with van der Waals surface area (Å²) in [6.07, 6.45) is 2.69. The summed E-state index contributed by atoms with van der Waals surface area (Å²) in [4.78, 5) is 21.6. The van der Waals surface area contributed by atoms with E-state index in [4.69, 9.17) is 10.2 Å². The minimum atomic E-state index is -1.08. The summed E-state index contributed by atoms with van der Waals surface area (Å²) in [5.74, 6) is -2.30. The fourth-order valence-electron chi connectivity index (χ4n) is 1.65.